The van der Waals surface area contributed by atoms with Crippen LogP contribution in [0.25, 0.3) is 11.0 Å². The third-order valence-electron chi connectivity index (χ3n) is 4.72. The smallest absolute Gasteiger partial charge is 0.134 e. The molecule has 1 fully saturated rings. The van der Waals surface area contributed by atoms with Crippen LogP contribution >= 0.6 is 0 Å². The normalized spacial score (nSPS) is 28.6. The summed E-state index contributed by atoms with van der Waals surface area (Å²) in [6.07, 6.45) is 4.44. The lowest BCUT2D eigenvalue weighted by Gasteiger charge is -2.42. The standard InChI is InChI=1S/C17H23NO2/c1-12-6-5-9-17(11-12,19-2)16(18)15-10-13-7-3-4-8-14(13)20-15/h3-4,7-8,10,12,16H,5-6,9,11,18H2,1-2H3. The van der Waals surface area contributed by atoms with Crippen LogP contribution in [0.3, 0.4) is 0 Å². The zero-order valence-corrected chi connectivity index (χ0v) is 12.3. The Kier molecular flexibility index (Phi) is 3.57. The Morgan fingerprint density at radius 3 is 2.90 bits per heavy atom. The fraction of sp³-hybridized carbons (Fsp3) is 0.529. The molecule has 108 valence electrons. The van der Waals surface area contributed by atoms with Crippen LogP contribution in [0.2, 0.25) is 0 Å². The molecule has 1 heterocycles. The first-order valence-electron chi connectivity index (χ1n) is 7.44. The number of benzene rings is 1. The van der Waals surface area contributed by atoms with E-state index in [0.29, 0.717) is 5.92 Å². The van der Waals surface area contributed by atoms with Crippen LogP contribution in [-0.4, -0.2) is 12.7 Å². The molecule has 2 aromatic rings. The molecule has 0 aliphatic heterocycles. The molecule has 0 saturated heterocycles. The molecule has 3 rings (SSSR count). The Morgan fingerprint density at radius 1 is 1.40 bits per heavy atom. The van der Waals surface area contributed by atoms with Gasteiger partial charge in [-0.3, -0.25) is 0 Å². The first-order valence-corrected chi connectivity index (χ1v) is 7.44. The van der Waals surface area contributed by atoms with E-state index >= 15 is 0 Å². The summed E-state index contributed by atoms with van der Waals surface area (Å²) in [4.78, 5) is 0. The number of ether oxygens (including phenoxy) is 1. The summed E-state index contributed by atoms with van der Waals surface area (Å²) in [5.74, 6) is 1.49. The van der Waals surface area contributed by atoms with Crippen LogP contribution in [-0.2, 0) is 4.74 Å². The highest BCUT2D eigenvalue weighted by Gasteiger charge is 2.42. The van der Waals surface area contributed by atoms with Gasteiger partial charge in [0.15, 0.2) is 0 Å². The number of methoxy groups -OCH3 is 1. The molecule has 2 N–H and O–H groups in total. The third-order valence-corrected chi connectivity index (χ3v) is 4.72. The molecule has 0 bridgehead atoms. The van der Waals surface area contributed by atoms with E-state index in [1.54, 1.807) is 7.11 Å². The topological polar surface area (TPSA) is 48.4 Å². The van der Waals surface area contributed by atoms with Crippen LogP contribution in [0.5, 0.6) is 0 Å². The highest BCUT2D eigenvalue weighted by atomic mass is 16.5. The summed E-state index contributed by atoms with van der Waals surface area (Å²) < 4.78 is 11.8. The Morgan fingerprint density at radius 2 is 2.20 bits per heavy atom. The number of hydrogen-bond acceptors (Lipinski definition) is 3. The fourth-order valence-corrected chi connectivity index (χ4v) is 3.55. The van der Waals surface area contributed by atoms with Gasteiger partial charge in [0.2, 0.25) is 0 Å². The number of rotatable bonds is 3. The van der Waals surface area contributed by atoms with E-state index in [1.807, 2.05) is 18.2 Å². The molecule has 1 aromatic heterocycles. The number of para-hydroxylation sites is 1. The Bertz CT molecular complexity index is 558. The van der Waals surface area contributed by atoms with Crippen LogP contribution in [0.4, 0.5) is 0 Å². The average molecular weight is 273 g/mol. The zero-order chi connectivity index (χ0) is 14.2. The largest absolute Gasteiger partial charge is 0.459 e. The minimum Gasteiger partial charge on any atom is -0.459 e. The van der Waals surface area contributed by atoms with Crippen molar-refractivity contribution >= 4 is 11.0 Å². The van der Waals surface area contributed by atoms with Crippen molar-refractivity contribution in [2.45, 2.75) is 44.2 Å². The molecule has 1 aromatic carbocycles. The highest BCUT2D eigenvalue weighted by molar-refractivity contribution is 5.77. The van der Waals surface area contributed by atoms with Gasteiger partial charge in [0.25, 0.3) is 0 Å². The second-order valence-corrected chi connectivity index (χ2v) is 6.13. The SMILES string of the molecule is COC1(C(N)c2cc3ccccc3o2)CCCC(C)C1. The van der Waals surface area contributed by atoms with Crippen molar-refractivity contribution in [3.63, 3.8) is 0 Å². The van der Waals surface area contributed by atoms with Gasteiger partial charge in [-0.05, 0) is 30.9 Å². The first-order chi connectivity index (χ1) is 9.64. The minimum absolute atomic E-state index is 0.206. The maximum Gasteiger partial charge on any atom is 0.134 e. The molecule has 3 nitrogen and oxygen atoms in total. The van der Waals surface area contributed by atoms with Gasteiger partial charge in [-0.15, -0.1) is 0 Å². The molecule has 0 radical (unpaired) electrons. The lowest BCUT2D eigenvalue weighted by atomic mass is 9.74. The maximum absolute atomic E-state index is 6.52. The molecular formula is C17H23NO2. The van der Waals surface area contributed by atoms with E-state index in [2.05, 4.69) is 19.1 Å². The lowest BCUT2D eigenvalue weighted by Crippen LogP contribution is -2.46. The summed E-state index contributed by atoms with van der Waals surface area (Å²) in [6.45, 7) is 2.28. The molecule has 0 amide bonds. The van der Waals surface area contributed by atoms with E-state index in [0.717, 1.165) is 29.6 Å². The minimum atomic E-state index is -0.286. The van der Waals surface area contributed by atoms with Gasteiger partial charge in [-0.2, -0.15) is 0 Å². The van der Waals surface area contributed by atoms with Crippen molar-refractivity contribution in [3.05, 3.63) is 36.1 Å². The summed E-state index contributed by atoms with van der Waals surface area (Å²) in [6, 6.07) is 9.88. The zero-order valence-electron chi connectivity index (χ0n) is 12.3. The van der Waals surface area contributed by atoms with Gasteiger partial charge in [0, 0.05) is 12.5 Å². The first kappa shape index (κ1) is 13.7. The summed E-state index contributed by atoms with van der Waals surface area (Å²) in [5, 5.41) is 1.10. The van der Waals surface area contributed by atoms with Crippen LogP contribution < -0.4 is 5.73 Å². The van der Waals surface area contributed by atoms with Crippen molar-refractivity contribution < 1.29 is 9.15 Å². The molecule has 3 atom stereocenters. The van der Waals surface area contributed by atoms with Gasteiger partial charge in [-0.25, -0.2) is 0 Å². The summed E-state index contributed by atoms with van der Waals surface area (Å²) in [5.41, 5.74) is 7.13. The maximum atomic E-state index is 6.52. The Labute approximate surface area is 120 Å². The number of hydrogen-bond donors (Lipinski definition) is 1. The Hall–Kier alpha value is -1.32. The predicted molar refractivity (Wildman–Crippen MR) is 80.5 cm³/mol. The highest BCUT2D eigenvalue weighted by Crippen LogP contribution is 2.43. The van der Waals surface area contributed by atoms with Crippen molar-refractivity contribution in [3.8, 4) is 0 Å². The van der Waals surface area contributed by atoms with E-state index in [1.165, 1.54) is 12.8 Å². The van der Waals surface area contributed by atoms with Crippen molar-refractivity contribution in [1.82, 2.24) is 0 Å². The van der Waals surface area contributed by atoms with E-state index in [-0.39, 0.29) is 11.6 Å². The van der Waals surface area contributed by atoms with Crippen LogP contribution in [0, 0.1) is 5.92 Å². The van der Waals surface area contributed by atoms with Crippen LogP contribution in [0.1, 0.15) is 44.4 Å². The van der Waals surface area contributed by atoms with Crippen molar-refractivity contribution in [2.24, 2.45) is 11.7 Å². The van der Waals surface area contributed by atoms with E-state index < -0.39 is 0 Å². The van der Waals surface area contributed by atoms with Gasteiger partial charge in [0.1, 0.15) is 11.3 Å². The Balaban J connectivity index is 1.94. The average Bonchev–Trinajstić information content (AvgIpc) is 2.90. The molecule has 0 spiro atoms. The molecule has 20 heavy (non-hydrogen) atoms. The molecular weight excluding hydrogens is 250 g/mol. The quantitative estimate of drug-likeness (QED) is 0.918. The van der Waals surface area contributed by atoms with E-state index in [9.17, 15) is 0 Å². The molecule has 1 aliphatic carbocycles. The molecule has 3 unspecified atom stereocenters. The monoisotopic (exact) mass is 273 g/mol. The summed E-state index contributed by atoms with van der Waals surface area (Å²) in [7, 11) is 1.78. The molecule has 1 aliphatic rings. The predicted octanol–water partition coefficient (Wildman–Crippen LogP) is 4.03. The van der Waals surface area contributed by atoms with Gasteiger partial charge in [0.05, 0.1) is 11.6 Å². The van der Waals surface area contributed by atoms with Crippen LogP contribution in [0.15, 0.2) is 34.7 Å². The van der Waals surface area contributed by atoms with E-state index in [4.69, 9.17) is 14.9 Å². The second-order valence-electron chi connectivity index (χ2n) is 6.13. The fourth-order valence-electron chi connectivity index (χ4n) is 3.55. The molecule has 1 saturated carbocycles. The van der Waals surface area contributed by atoms with Gasteiger partial charge in [-0.1, -0.05) is 38.0 Å². The summed E-state index contributed by atoms with van der Waals surface area (Å²) >= 11 is 0. The van der Waals surface area contributed by atoms with Crippen molar-refractivity contribution in [1.29, 1.82) is 0 Å². The second kappa shape index (κ2) is 5.23. The van der Waals surface area contributed by atoms with Crippen molar-refractivity contribution in [2.75, 3.05) is 7.11 Å². The third kappa shape index (κ3) is 2.25. The number of nitrogens with two attached hydrogens (primary N) is 1. The van der Waals surface area contributed by atoms with Gasteiger partial charge >= 0.3 is 0 Å². The number of fused-ring (bicyclic) bond motifs is 1. The molecule has 3 heteroatoms. The number of furan rings is 1. The lowest BCUT2D eigenvalue weighted by molar-refractivity contribution is -0.0754. The van der Waals surface area contributed by atoms with Gasteiger partial charge < -0.3 is 14.9 Å².